The molecule has 1 fully saturated rings. The molecule has 2 N–H and O–H groups in total. The van der Waals surface area contributed by atoms with Crippen LogP contribution in [0.1, 0.15) is 33.1 Å². The number of hydrogen-bond acceptors (Lipinski definition) is 3. The van der Waals surface area contributed by atoms with Crippen molar-refractivity contribution in [2.75, 3.05) is 31.6 Å². The van der Waals surface area contributed by atoms with Crippen molar-refractivity contribution in [3.8, 4) is 0 Å². The lowest BCUT2D eigenvalue weighted by atomic mass is 9.81. The highest BCUT2D eigenvalue weighted by Crippen LogP contribution is 2.29. The van der Waals surface area contributed by atoms with Crippen LogP contribution in [0, 0.1) is 5.41 Å². The van der Waals surface area contributed by atoms with Crippen LogP contribution in [0.15, 0.2) is 0 Å². The van der Waals surface area contributed by atoms with Crippen molar-refractivity contribution in [1.29, 1.82) is 0 Å². The molecule has 0 aromatic heterocycles. The van der Waals surface area contributed by atoms with Crippen molar-refractivity contribution in [2.45, 2.75) is 39.2 Å². The van der Waals surface area contributed by atoms with Gasteiger partial charge in [-0.05, 0) is 44.0 Å². The first kappa shape index (κ1) is 13.3. The Morgan fingerprint density at radius 1 is 1.40 bits per heavy atom. The summed E-state index contributed by atoms with van der Waals surface area (Å²) in [6, 6.07) is 0.791. The smallest absolute Gasteiger partial charge is 0.0191 e. The van der Waals surface area contributed by atoms with Crippen LogP contribution in [-0.2, 0) is 0 Å². The van der Waals surface area contributed by atoms with E-state index in [-0.39, 0.29) is 0 Å². The van der Waals surface area contributed by atoms with Crippen LogP contribution in [0.2, 0.25) is 0 Å². The van der Waals surface area contributed by atoms with Gasteiger partial charge in [-0.3, -0.25) is 0 Å². The van der Waals surface area contributed by atoms with Gasteiger partial charge in [-0.2, -0.15) is 11.8 Å². The Balaban J connectivity index is 2.49. The molecule has 0 radical (unpaired) electrons. The van der Waals surface area contributed by atoms with E-state index in [1.807, 2.05) is 0 Å². The molecular weight excluding hydrogens is 204 g/mol. The molecule has 0 amide bonds. The van der Waals surface area contributed by atoms with E-state index in [2.05, 4.69) is 37.6 Å². The van der Waals surface area contributed by atoms with Crippen LogP contribution in [0.5, 0.6) is 0 Å². The van der Waals surface area contributed by atoms with Crippen molar-refractivity contribution < 1.29 is 0 Å². The molecule has 90 valence electrons. The minimum atomic E-state index is 0.349. The highest BCUT2D eigenvalue weighted by Gasteiger charge is 2.29. The van der Waals surface area contributed by atoms with Crippen LogP contribution in [-0.4, -0.2) is 42.6 Å². The topological polar surface area (TPSA) is 29.3 Å². The molecule has 0 aromatic carbocycles. The van der Waals surface area contributed by atoms with Crippen molar-refractivity contribution in [3.63, 3.8) is 0 Å². The van der Waals surface area contributed by atoms with E-state index in [0.29, 0.717) is 5.41 Å². The van der Waals surface area contributed by atoms with E-state index in [9.17, 15) is 0 Å². The molecule has 1 heterocycles. The van der Waals surface area contributed by atoms with E-state index in [0.717, 1.165) is 12.6 Å². The highest BCUT2D eigenvalue weighted by molar-refractivity contribution is 7.99. The number of rotatable bonds is 6. The molecule has 0 aromatic rings. The van der Waals surface area contributed by atoms with E-state index < -0.39 is 0 Å². The molecular formula is C12H26N2S. The van der Waals surface area contributed by atoms with Gasteiger partial charge in [0, 0.05) is 18.3 Å². The Morgan fingerprint density at radius 2 is 2.07 bits per heavy atom. The number of nitrogens with zero attached hydrogens (tertiary/aromatic N) is 1. The number of hydrogen-bond donors (Lipinski definition) is 1. The zero-order valence-corrected chi connectivity index (χ0v) is 11.3. The Kier molecular flexibility index (Phi) is 5.44. The van der Waals surface area contributed by atoms with Crippen molar-refractivity contribution >= 4 is 11.8 Å². The van der Waals surface area contributed by atoms with Gasteiger partial charge in [-0.1, -0.05) is 13.8 Å². The minimum absolute atomic E-state index is 0.349. The summed E-state index contributed by atoms with van der Waals surface area (Å²) < 4.78 is 0. The predicted octanol–water partition coefficient (Wildman–Crippen LogP) is 2.19. The van der Waals surface area contributed by atoms with E-state index in [1.54, 1.807) is 0 Å². The zero-order valence-electron chi connectivity index (χ0n) is 10.5. The van der Waals surface area contributed by atoms with E-state index in [1.165, 1.54) is 37.3 Å². The molecule has 15 heavy (non-hydrogen) atoms. The van der Waals surface area contributed by atoms with Crippen LogP contribution in [0.25, 0.3) is 0 Å². The summed E-state index contributed by atoms with van der Waals surface area (Å²) >= 11 is 2.09. The lowest BCUT2D eigenvalue weighted by molar-refractivity contribution is 0.138. The van der Waals surface area contributed by atoms with Gasteiger partial charge in [0.2, 0.25) is 0 Å². The Morgan fingerprint density at radius 3 is 2.47 bits per heavy atom. The summed E-state index contributed by atoms with van der Waals surface area (Å²) in [6.07, 6.45) is 3.75. The quantitative estimate of drug-likeness (QED) is 0.758. The van der Waals surface area contributed by atoms with Crippen LogP contribution in [0.3, 0.4) is 0 Å². The summed E-state index contributed by atoms with van der Waals surface area (Å²) in [5, 5.41) is 0. The molecule has 0 saturated carbocycles. The monoisotopic (exact) mass is 230 g/mol. The maximum Gasteiger partial charge on any atom is 0.0191 e. The summed E-state index contributed by atoms with van der Waals surface area (Å²) in [7, 11) is 2.27. The molecule has 1 saturated heterocycles. The third-order valence-electron chi connectivity index (χ3n) is 4.05. The molecule has 1 atom stereocenters. The second kappa shape index (κ2) is 6.12. The van der Waals surface area contributed by atoms with Crippen LogP contribution in [0.4, 0.5) is 0 Å². The molecule has 1 aliphatic heterocycles. The highest BCUT2D eigenvalue weighted by atomic mass is 32.2. The Labute approximate surface area is 99.0 Å². The lowest BCUT2D eigenvalue weighted by Gasteiger charge is -2.37. The fourth-order valence-corrected chi connectivity index (χ4v) is 3.65. The summed E-state index contributed by atoms with van der Waals surface area (Å²) in [6.45, 7) is 6.53. The van der Waals surface area contributed by atoms with Gasteiger partial charge in [0.15, 0.2) is 0 Å². The van der Waals surface area contributed by atoms with Gasteiger partial charge in [-0.15, -0.1) is 0 Å². The molecule has 1 rings (SSSR count). The van der Waals surface area contributed by atoms with E-state index in [4.69, 9.17) is 5.73 Å². The molecule has 1 aliphatic rings. The third kappa shape index (κ3) is 3.36. The van der Waals surface area contributed by atoms with Crippen molar-refractivity contribution in [3.05, 3.63) is 0 Å². The van der Waals surface area contributed by atoms with Gasteiger partial charge in [-0.25, -0.2) is 0 Å². The first-order valence-electron chi connectivity index (χ1n) is 6.15. The van der Waals surface area contributed by atoms with Gasteiger partial charge in [0.1, 0.15) is 0 Å². The maximum absolute atomic E-state index is 5.94. The van der Waals surface area contributed by atoms with Crippen molar-refractivity contribution in [2.24, 2.45) is 11.1 Å². The Hall–Kier alpha value is 0.270. The molecule has 0 aliphatic carbocycles. The fraction of sp³-hybridized carbons (Fsp3) is 1.00. The minimum Gasteiger partial charge on any atom is -0.330 e. The first-order valence-corrected chi connectivity index (χ1v) is 7.31. The van der Waals surface area contributed by atoms with Crippen LogP contribution >= 0.6 is 11.8 Å². The standard InChI is InChI=1S/C12H26N2S/c1-4-12(5-2,9-13)10-14(3)11-6-7-15-8-11/h11H,4-10,13H2,1-3H3. The summed E-state index contributed by atoms with van der Waals surface area (Å²) in [5.41, 5.74) is 6.29. The zero-order chi connectivity index (χ0) is 11.3. The van der Waals surface area contributed by atoms with E-state index >= 15 is 0 Å². The fourth-order valence-electron chi connectivity index (χ4n) is 2.35. The van der Waals surface area contributed by atoms with Crippen molar-refractivity contribution in [1.82, 2.24) is 4.90 Å². The average molecular weight is 230 g/mol. The molecule has 0 bridgehead atoms. The predicted molar refractivity (Wildman–Crippen MR) is 70.4 cm³/mol. The SMILES string of the molecule is CCC(CC)(CN)CN(C)C1CCSC1. The van der Waals surface area contributed by atoms with Gasteiger partial charge in [0.25, 0.3) is 0 Å². The normalized spacial score (nSPS) is 22.6. The number of nitrogens with two attached hydrogens (primary N) is 1. The largest absolute Gasteiger partial charge is 0.330 e. The van der Waals surface area contributed by atoms with Gasteiger partial charge >= 0.3 is 0 Å². The first-order chi connectivity index (χ1) is 7.17. The maximum atomic E-state index is 5.94. The second-order valence-electron chi connectivity index (χ2n) is 4.84. The second-order valence-corrected chi connectivity index (χ2v) is 5.99. The summed E-state index contributed by atoms with van der Waals surface area (Å²) in [5.74, 6) is 2.65. The molecule has 3 heteroatoms. The molecule has 0 spiro atoms. The molecule has 2 nitrogen and oxygen atoms in total. The Bertz CT molecular complexity index is 166. The molecule has 1 unspecified atom stereocenters. The average Bonchev–Trinajstić information content (AvgIpc) is 2.79. The number of thioether (sulfide) groups is 1. The van der Waals surface area contributed by atoms with Gasteiger partial charge < -0.3 is 10.6 Å². The van der Waals surface area contributed by atoms with Gasteiger partial charge in [0.05, 0.1) is 0 Å². The van der Waals surface area contributed by atoms with Crippen LogP contribution < -0.4 is 5.73 Å². The third-order valence-corrected chi connectivity index (χ3v) is 5.19. The lowest BCUT2D eigenvalue weighted by Crippen LogP contribution is -2.44. The summed E-state index contributed by atoms with van der Waals surface area (Å²) in [4.78, 5) is 2.54.